The quantitative estimate of drug-likeness (QED) is 0.207. The molecule has 2 N–H and O–H groups in total. The lowest BCUT2D eigenvalue weighted by Crippen LogP contribution is -2.35. The molecule has 0 saturated heterocycles. The molecule has 170 valence electrons. The fraction of sp³-hybridized carbons (Fsp3) is 0.348. The number of halogens is 2. The Kier molecular flexibility index (Phi) is 8.00. The van der Waals surface area contributed by atoms with Crippen LogP contribution in [0.4, 0.5) is 0 Å². The molecule has 0 aliphatic carbocycles. The van der Waals surface area contributed by atoms with E-state index >= 15 is 0 Å². The van der Waals surface area contributed by atoms with Gasteiger partial charge in [0.15, 0.2) is 5.16 Å². The summed E-state index contributed by atoms with van der Waals surface area (Å²) < 4.78 is 6.66. The number of aliphatic imine (C=N–C) groups is 1. The van der Waals surface area contributed by atoms with E-state index in [9.17, 15) is 4.79 Å². The third-order valence-corrected chi connectivity index (χ3v) is 7.23. The number of imidazole rings is 1. The van der Waals surface area contributed by atoms with Crippen LogP contribution in [0.15, 0.2) is 40.5 Å². The van der Waals surface area contributed by atoms with Crippen molar-refractivity contribution in [3.63, 3.8) is 0 Å². The molecule has 0 amide bonds. The lowest BCUT2D eigenvalue weighted by atomic mass is 10.1. The summed E-state index contributed by atoms with van der Waals surface area (Å²) in [5.74, 6) is 0.335. The van der Waals surface area contributed by atoms with Crippen LogP contribution in [0.3, 0.4) is 0 Å². The number of aryl methyl sites for hydroxylation is 2. The maximum Gasteiger partial charge on any atom is 0.329 e. The first kappa shape index (κ1) is 24.3. The van der Waals surface area contributed by atoms with Crippen LogP contribution in [-0.4, -0.2) is 24.5 Å². The highest BCUT2D eigenvalue weighted by atomic mass is 127. The summed E-state index contributed by atoms with van der Waals surface area (Å²) in [6.07, 6.45) is 8.52. The van der Waals surface area contributed by atoms with Crippen molar-refractivity contribution < 1.29 is 0 Å². The zero-order chi connectivity index (χ0) is 23.4. The second kappa shape index (κ2) is 10.5. The topological polar surface area (TPSA) is 83.1 Å². The normalized spacial score (nSPS) is 13.7. The van der Waals surface area contributed by atoms with Gasteiger partial charge in [0.1, 0.15) is 5.35 Å². The van der Waals surface area contributed by atoms with Gasteiger partial charge in [0.05, 0.1) is 23.4 Å². The molecule has 3 aromatic rings. The van der Waals surface area contributed by atoms with Crippen molar-refractivity contribution in [1.29, 1.82) is 0 Å². The van der Waals surface area contributed by atoms with E-state index < -0.39 is 0 Å². The first-order valence-electron chi connectivity index (χ1n) is 10.4. The zero-order valence-corrected chi connectivity index (χ0v) is 21.7. The van der Waals surface area contributed by atoms with Gasteiger partial charge in [-0.05, 0) is 80.0 Å². The molecule has 0 radical (unpaired) electrons. The fourth-order valence-electron chi connectivity index (χ4n) is 3.68. The number of hydrogen-bond acceptors (Lipinski definition) is 3. The van der Waals surface area contributed by atoms with E-state index in [-0.39, 0.29) is 10.8 Å². The van der Waals surface area contributed by atoms with Gasteiger partial charge in [0.25, 0.3) is 0 Å². The Balaban J connectivity index is 2.14. The van der Waals surface area contributed by atoms with Gasteiger partial charge in [-0.25, -0.2) is 9.79 Å². The van der Waals surface area contributed by atoms with Crippen LogP contribution in [-0.2, 0) is 19.6 Å². The molecule has 3 rings (SSSR count). The molecule has 3 heterocycles. The summed E-state index contributed by atoms with van der Waals surface area (Å²) >= 11 is 8.89. The van der Waals surface area contributed by atoms with Gasteiger partial charge < -0.3 is 10.3 Å². The molecule has 0 fully saturated rings. The second-order valence-corrected chi connectivity index (χ2v) is 9.12. The molecule has 0 saturated carbocycles. The van der Waals surface area contributed by atoms with E-state index in [0.29, 0.717) is 29.6 Å². The van der Waals surface area contributed by atoms with E-state index in [1.54, 1.807) is 16.1 Å². The van der Waals surface area contributed by atoms with E-state index in [2.05, 4.69) is 37.1 Å². The summed E-state index contributed by atoms with van der Waals surface area (Å²) in [5.41, 5.74) is 8.70. The lowest BCUT2D eigenvalue weighted by Gasteiger charge is -2.09. The first-order valence-corrected chi connectivity index (χ1v) is 11.9. The highest BCUT2D eigenvalue weighted by Crippen LogP contribution is 2.18. The Bertz CT molecular complexity index is 1310. The zero-order valence-electron chi connectivity index (χ0n) is 18.8. The summed E-state index contributed by atoms with van der Waals surface area (Å²) in [4.78, 5) is 22.4. The molecule has 0 spiro atoms. The molecule has 0 atom stereocenters. The fourth-order valence-corrected chi connectivity index (χ4v) is 4.46. The Hall–Kier alpha value is -2.33. The van der Waals surface area contributed by atoms with Gasteiger partial charge in [0, 0.05) is 35.3 Å². The molecule has 0 aliphatic rings. The maximum absolute atomic E-state index is 13.5. The summed E-state index contributed by atoms with van der Waals surface area (Å²) in [6, 6.07) is 3.97. The lowest BCUT2D eigenvalue weighted by molar-refractivity contribution is 0.538. The van der Waals surface area contributed by atoms with E-state index in [4.69, 9.17) is 17.3 Å². The average Bonchev–Trinajstić information content (AvgIpc) is 3.35. The van der Waals surface area contributed by atoms with E-state index in [1.165, 1.54) is 0 Å². The number of hydrogen-bond donors (Lipinski definition) is 1. The van der Waals surface area contributed by atoms with Crippen LogP contribution in [0.25, 0.3) is 11.2 Å². The van der Waals surface area contributed by atoms with Gasteiger partial charge in [-0.2, -0.15) is 0 Å². The molecular weight excluding hydrogens is 539 g/mol. The second-order valence-electron chi connectivity index (χ2n) is 7.69. The van der Waals surface area contributed by atoms with E-state index in [0.717, 1.165) is 33.4 Å². The Morgan fingerprint density at radius 2 is 1.94 bits per heavy atom. The molecule has 9 heteroatoms. The molecule has 0 aromatic carbocycles. The average molecular weight is 567 g/mol. The molecule has 7 nitrogen and oxygen atoms in total. The minimum absolute atomic E-state index is 0.139. The van der Waals surface area contributed by atoms with Gasteiger partial charge in [-0.15, -0.1) is 0 Å². The van der Waals surface area contributed by atoms with Crippen molar-refractivity contribution in [3.8, 4) is 0 Å². The van der Waals surface area contributed by atoms with Crippen molar-refractivity contribution in [2.45, 2.75) is 53.8 Å². The predicted octanol–water partition coefficient (Wildman–Crippen LogP) is 2.69. The monoisotopic (exact) mass is 566 g/mol. The molecule has 32 heavy (non-hydrogen) atoms. The first-order chi connectivity index (χ1) is 15.2. The van der Waals surface area contributed by atoms with Gasteiger partial charge in [-0.1, -0.05) is 17.7 Å². The summed E-state index contributed by atoms with van der Waals surface area (Å²) in [5, 5.41) is 1.50. The highest BCUT2D eigenvalue weighted by molar-refractivity contribution is 14.1. The van der Waals surface area contributed by atoms with Crippen molar-refractivity contribution in [3.05, 3.63) is 72.3 Å². The van der Waals surface area contributed by atoms with Gasteiger partial charge in [-0.3, -0.25) is 14.1 Å². The highest BCUT2D eigenvalue weighted by Gasteiger charge is 2.16. The van der Waals surface area contributed by atoms with Crippen LogP contribution in [0.1, 0.15) is 37.1 Å². The summed E-state index contributed by atoms with van der Waals surface area (Å²) in [6.45, 7) is 9.29. The Morgan fingerprint density at radius 1 is 1.25 bits per heavy atom. The Labute approximate surface area is 206 Å². The maximum atomic E-state index is 13.5. The van der Waals surface area contributed by atoms with Crippen LogP contribution in [0, 0.1) is 17.4 Å². The SMILES string of the molecule is C/C=c1/c(=C(/Cl)N=C(C)N)n(CCCn2cccc2)c(=O)n1Cc1ncc(C)c(I)c1C. The predicted molar refractivity (Wildman–Crippen MR) is 139 cm³/mol. The number of aromatic nitrogens is 4. The van der Waals surface area contributed by atoms with Crippen molar-refractivity contribution in [1.82, 2.24) is 18.7 Å². The van der Waals surface area contributed by atoms with Crippen LogP contribution < -0.4 is 22.1 Å². The van der Waals surface area contributed by atoms with Gasteiger partial charge in [0.2, 0.25) is 0 Å². The standard InChI is InChI=1S/C23H28ClIN6O/c1-5-19-21(22(24)28-17(4)26)30(12-8-11-29-9-6-7-10-29)23(32)31(19)14-18-16(3)20(25)15(2)13-27-18/h5-7,9-10,13H,8,11-12,14H2,1-4H3,(H2,26,28)/b19-5-,22-21+. The van der Waals surface area contributed by atoms with Crippen molar-refractivity contribution in [2.24, 2.45) is 10.7 Å². The number of pyridine rings is 1. The van der Waals surface area contributed by atoms with Crippen molar-refractivity contribution >= 4 is 51.3 Å². The van der Waals surface area contributed by atoms with Crippen LogP contribution in [0.2, 0.25) is 0 Å². The van der Waals surface area contributed by atoms with Crippen molar-refractivity contribution in [2.75, 3.05) is 0 Å². The number of nitrogens with two attached hydrogens (primary N) is 1. The minimum Gasteiger partial charge on any atom is -0.387 e. The number of rotatable bonds is 7. The molecule has 0 bridgehead atoms. The Morgan fingerprint density at radius 3 is 2.56 bits per heavy atom. The van der Waals surface area contributed by atoms with Crippen LogP contribution >= 0.6 is 34.2 Å². The largest absolute Gasteiger partial charge is 0.387 e. The van der Waals surface area contributed by atoms with Crippen LogP contribution in [0.5, 0.6) is 0 Å². The number of amidine groups is 1. The minimum atomic E-state index is -0.139. The molecule has 3 aromatic heterocycles. The summed E-state index contributed by atoms with van der Waals surface area (Å²) in [7, 11) is 0. The molecule has 0 aliphatic heterocycles. The third kappa shape index (κ3) is 5.17. The third-order valence-electron chi connectivity index (χ3n) is 5.30. The smallest absolute Gasteiger partial charge is 0.329 e. The molecule has 0 unspecified atom stereocenters. The number of nitrogens with zero attached hydrogens (tertiary/aromatic N) is 5. The van der Waals surface area contributed by atoms with E-state index in [1.807, 2.05) is 57.6 Å². The molecular formula is C23H28ClIN6O. The van der Waals surface area contributed by atoms with Gasteiger partial charge >= 0.3 is 5.69 Å².